The maximum absolute atomic E-state index is 10.5. The van der Waals surface area contributed by atoms with Gasteiger partial charge in [-0.1, -0.05) is 0 Å². The summed E-state index contributed by atoms with van der Waals surface area (Å²) >= 11 is 0. The lowest BCUT2D eigenvalue weighted by Gasteiger charge is -2.40. The summed E-state index contributed by atoms with van der Waals surface area (Å²) in [6.07, 6.45) is -6.41. The predicted octanol–water partition coefficient (Wildman–Crippen LogP) is -1.19. The predicted molar refractivity (Wildman–Crippen MR) is 70.5 cm³/mol. The first-order chi connectivity index (χ1) is 9.93. The van der Waals surface area contributed by atoms with E-state index in [0.717, 1.165) is 0 Å². The molecule has 1 aliphatic heterocycles. The van der Waals surface area contributed by atoms with Crippen molar-refractivity contribution in [3.63, 3.8) is 0 Å². The van der Waals surface area contributed by atoms with Crippen LogP contribution in [0.15, 0.2) is 24.3 Å². The minimum absolute atomic E-state index is 0.0886. The molecule has 0 radical (unpaired) electrons. The number of ether oxygens (including phenoxy) is 1. The fourth-order valence-corrected chi connectivity index (χ4v) is 2.06. The molecule has 21 heavy (non-hydrogen) atoms. The molecule has 9 nitrogen and oxygen atoms in total. The number of nitro benzene ring substituents is 1. The van der Waals surface area contributed by atoms with E-state index in [9.17, 15) is 25.4 Å². The van der Waals surface area contributed by atoms with Crippen molar-refractivity contribution in [3.8, 4) is 0 Å². The molecule has 0 bridgehead atoms. The molecule has 1 aromatic rings. The highest BCUT2D eigenvalue weighted by atomic mass is 16.6. The van der Waals surface area contributed by atoms with Crippen molar-refractivity contribution in [1.82, 2.24) is 0 Å². The second-order valence-electron chi connectivity index (χ2n) is 4.70. The van der Waals surface area contributed by atoms with E-state index in [4.69, 9.17) is 9.84 Å². The van der Waals surface area contributed by atoms with Crippen LogP contribution in [0.2, 0.25) is 0 Å². The lowest BCUT2D eigenvalue weighted by Crippen LogP contribution is -2.60. The monoisotopic (exact) mass is 300 g/mol. The van der Waals surface area contributed by atoms with Crippen LogP contribution in [-0.4, -0.2) is 62.6 Å². The van der Waals surface area contributed by atoms with Crippen LogP contribution in [0.3, 0.4) is 0 Å². The summed E-state index contributed by atoms with van der Waals surface area (Å²) in [5, 5.41) is 51.5. The highest BCUT2D eigenvalue weighted by molar-refractivity contribution is 5.49. The number of aliphatic hydroxyl groups is 4. The molecule has 0 aromatic heterocycles. The number of aliphatic hydroxyl groups excluding tert-OH is 4. The van der Waals surface area contributed by atoms with E-state index < -0.39 is 42.2 Å². The van der Waals surface area contributed by atoms with Crippen LogP contribution in [0.1, 0.15) is 0 Å². The van der Waals surface area contributed by atoms with E-state index in [0.29, 0.717) is 5.69 Å². The zero-order valence-electron chi connectivity index (χ0n) is 10.9. The van der Waals surface area contributed by atoms with Gasteiger partial charge in [0.15, 0.2) is 6.23 Å². The van der Waals surface area contributed by atoms with Gasteiger partial charge in [-0.2, -0.15) is 0 Å². The van der Waals surface area contributed by atoms with E-state index in [1.165, 1.54) is 24.3 Å². The minimum Gasteiger partial charge on any atom is -0.394 e. The Morgan fingerprint density at radius 1 is 1.14 bits per heavy atom. The van der Waals surface area contributed by atoms with Crippen molar-refractivity contribution in [2.45, 2.75) is 30.6 Å². The van der Waals surface area contributed by atoms with Gasteiger partial charge in [-0.15, -0.1) is 0 Å². The maximum atomic E-state index is 10.5. The molecule has 0 saturated carbocycles. The molecule has 9 heteroatoms. The summed E-state index contributed by atoms with van der Waals surface area (Å²) in [5.41, 5.74) is 0.333. The number of benzene rings is 1. The Hall–Kier alpha value is -1.78. The Kier molecular flexibility index (Phi) is 4.70. The second kappa shape index (κ2) is 6.33. The number of nitro groups is 1. The van der Waals surface area contributed by atoms with Gasteiger partial charge in [0.25, 0.3) is 5.69 Å². The second-order valence-corrected chi connectivity index (χ2v) is 4.70. The fourth-order valence-electron chi connectivity index (χ4n) is 2.06. The quantitative estimate of drug-likeness (QED) is 0.344. The molecule has 0 spiro atoms. The van der Waals surface area contributed by atoms with Gasteiger partial charge in [0.05, 0.1) is 11.5 Å². The Balaban J connectivity index is 2.08. The molecule has 5 atom stereocenters. The molecule has 1 aliphatic rings. The van der Waals surface area contributed by atoms with Gasteiger partial charge < -0.3 is 30.5 Å². The van der Waals surface area contributed by atoms with E-state index in [1.807, 2.05) is 0 Å². The number of anilines is 1. The zero-order chi connectivity index (χ0) is 15.6. The molecule has 0 amide bonds. The van der Waals surface area contributed by atoms with Crippen LogP contribution in [0, 0.1) is 10.1 Å². The van der Waals surface area contributed by atoms with Crippen molar-refractivity contribution >= 4 is 11.4 Å². The Morgan fingerprint density at radius 2 is 1.76 bits per heavy atom. The van der Waals surface area contributed by atoms with E-state index in [-0.39, 0.29) is 5.69 Å². The lowest BCUT2D eigenvalue weighted by molar-refractivity contribution is -0.384. The summed E-state index contributed by atoms with van der Waals surface area (Å²) in [6, 6.07) is 5.37. The van der Waals surface area contributed by atoms with Crippen LogP contribution < -0.4 is 5.32 Å². The topological polar surface area (TPSA) is 145 Å². The van der Waals surface area contributed by atoms with Gasteiger partial charge in [-0.25, -0.2) is 0 Å². The number of hydrogen-bond donors (Lipinski definition) is 5. The first-order valence-corrected chi connectivity index (χ1v) is 6.25. The molecule has 0 unspecified atom stereocenters. The lowest BCUT2D eigenvalue weighted by atomic mass is 9.98. The molecular formula is C12H16N2O7. The third-order valence-corrected chi connectivity index (χ3v) is 3.28. The zero-order valence-corrected chi connectivity index (χ0v) is 10.9. The van der Waals surface area contributed by atoms with Crippen molar-refractivity contribution < 1.29 is 30.1 Å². The molecule has 1 fully saturated rings. The van der Waals surface area contributed by atoms with Gasteiger partial charge in [-0.05, 0) is 12.1 Å². The molecule has 0 aliphatic carbocycles. The van der Waals surface area contributed by atoms with E-state index in [1.54, 1.807) is 0 Å². The highest BCUT2D eigenvalue weighted by Crippen LogP contribution is 2.23. The van der Waals surface area contributed by atoms with Crippen LogP contribution >= 0.6 is 0 Å². The van der Waals surface area contributed by atoms with E-state index in [2.05, 4.69) is 5.32 Å². The third-order valence-electron chi connectivity index (χ3n) is 3.28. The average Bonchev–Trinajstić information content (AvgIpc) is 2.48. The average molecular weight is 300 g/mol. The Labute approximate surface area is 119 Å². The molecule has 1 aromatic carbocycles. The molecule has 5 N–H and O–H groups in total. The van der Waals surface area contributed by atoms with Crippen LogP contribution in [-0.2, 0) is 4.74 Å². The van der Waals surface area contributed by atoms with Gasteiger partial charge >= 0.3 is 0 Å². The number of hydrogen-bond acceptors (Lipinski definition) is 8. The number of rotatable bonds is 4. The summed E-state index contributed by atoms with van der Waals surface area (Å²) in [7, 11) is 0. The van der Waals surface area contributed by atoms with Crippen molar-refractivity contribution in [1.29, 1.82) is 0 Å². The smallest absolute Gasteiger partial charge is 0.269 e. The van der Waals surface area contributed by atoms with Crippen molar-refractivity contribution in [2.75, 3.05) is 11.9 Å². The van der Waals surface area contributed by atoms with Crippen molar-refractivity contribution in [3.05, 3.63) is 34.4 Å². The highest BCUT2D eigenvalue weighted by Gasteiger charge is 2.43. The minimum atomic E-state index is -1.48. The Morgan fingerprint density at radius 3 is 2.29 bits per heavy atom. The van der Waals surface area contributed by atoms with Crippen LogP contribution in [0.4, 0.5) is 11.4 Å². The summed E-state index contributed by atoms with van der Waals surface area (Å²) < 4.78 is 5.26. The van der Waals surface area contributed by atoms with Gasteiger partial charge in [0.2, 0.25) is 0 Å². The van der Waals surface area contributed by atoms with Gasteiger partial charge in [-0.3, -0.25) is 10.1 Å². The standard InChI is InChI=1S/C12H16N2O7/c15-5-8-9(16)10(17)11(18)12(21-8)13-6-1-3-7(4-2-6)14(19)20/h1-4,8-13,15-18H,5H2/t8-,9+,10-,11-,12-/m1/s1. The molecule has 1 saturated heterocycles. The molecule has 1 heterocycles. The number of nitrogens with zero attached hydrogens (tertiary/aromatic N) is 1. The molecule has 2 rings (SSSR count). The normalized spacial score (nSPS) is 32.7. The van der Waals surface area contributed by atoms with Gasteiger partial charge in [0, 0.05) is 17.8 Å². The summed E-state index contributed by atoms with van der Waals surface area (Å²) in [4.78, 5) is 10.0. The van der Waals surface area contributed by atoms with E-state index >= 15 is 0 Å². The Bertz CT molecular complexity index is 493. The summed E-state index contributed by atoms with van der Waals surface area (Å²) in [5.74, 6) is 0. The van der Waals surface area contributed by atoms with Crippen molar-refractivity contribution in [2.24, 2.45) is 0 Å². The maximum Gasteiger partial charge on any atom is 0.269 e. The van der Waals surface area contributed by atoms with Crippen LogP contribution in [0.25, 0.3) is 0 Å². The molecule has 116 valence electrons. The molecular weight excluding hydrogens is 284 g/mol. The van der Waals surface area contributed by atoms with Gasteiger partial charge in [0.1, 0.15) is 24.4 Å². The largest absolute Gasteiger partial charge is 0.394 e. The summed E-state index contributed by atoms with van der Waals surface area (Å²) in [6.45, 7) is -0.524. The number of non-ortho nitro benzene ring substituents is 1. The fraction of sp³-hybridized carbons (Fsp3) is 0.500. The first kappa shape index (κ1) is 15.6. The van der Waals surface area contributed by atoms with Crippen LogP contribution in [0.5, 0.6) is 0 Å². The SMILES string of the molecule is O=[N+]([O-])c1ccc(N[C@@H]2O[C@H](CO)[C@H](O)[C@@H](O)[C@H]2O)cc1. The third kappa shape index (κ3) is 3.28. The first-order valence-electron chi connectivity index (χ1n) is 6.25. The number of nitrogens with one attached hydrogen (secondary N) is 1.